The van der Waals surface area contributed by atoms with Crippen molar-refractivity contribution in [1.29, 1.82) is 0 Å². The van der Waals surface area contributed by atoms with Gasteiger partial charge < -0.3 is 19.5 Å². The minimum absolute atomic E-state index is 0.0125. The number of carbonyl (C=O) groups is 1. The SMILES string of the molecule is CCOc1ccc(CCCC(=O)NC[C@@H]2COCCO2)cc1C. The summed E-state index contributed by atoms with van der Waals surface area (Å²) in [5.74, 6) is 1.01. The first kappa shape index (κ1) is 17.8. The van der Waals surface area contributed by atoms with Gasteiger partial charge in [-0.15, -0.1) is 0 Å². The van der Waals surface area contributed by atoms with Gasteiger partial charge in [-0.25, -0.2) is 0 Å². The van der Waals surface area contributed by atoms with Crippen molar-refractivity contribution in [3.8, 4) is 5.75 Å². The zero-order valence-electron chi connectivity index (χ0n) is 14.1. The van der Waals surface area contributed by atoms with Crippen molar-refractivity contribution in [3.63, 3.8) is 0 Å². The summed E-state index contributed by atoms with van der Waals surface area (Å²) in [7, 11) is 0. The lowest BCUT2D eigenvalue weighted by Gasteiger charge is -2.23. The van der Waals surface area contributed by atoms with Gasteiger partial charge in [0.1, 0.15) is 5.75 Å². The zero-order valence-corrected chi connectivity index (χ0v) is 14.1. The van der Waals surface area contributed by atoms with E-state index in [1.54, 1.807) is 0 Å². The molecule has 1 atom stereocenters. The van der Waals surface area contributed by atoms with Crippen LogP contribution < -0.4 is 10.1 Å². The smallest absolute Gasteiger partial charge is 0.220 e. The fraction of sp³-hybridized carbons (Fsp3) is 0.611. The minimum Gasteiger partial charge on any atom is -0.494 e. The van der Waals surface area contributed by atoms with Crippen LogP contribution in [0.15, 0.2) is 18.2 Å². The molecule has 1 fully saturated rings. The van der Waals surface area contributed by atoms with Gasteiger partial charge in [-0.1, -0.05) is 12.1 Å². The number of aryl methyl sites for hydroxylation is 2. The van der Waals surface area contributed by atoms with Crippen molar-refractivity contribution < 1.29 is 19.0 Å². The number of benzene rings is 1. The van der Waals surface area contributed by atoms with Gasteiger partial charge in [-0.3, -0.25) is 4.79 Å². The maximum atomic E-state index is 11.9. The van der Waals surface area contributed by atoms with Crippen molar-refractivity contribution in [1.82, 2.24) is 5.32 Å². The lowest BCUT2D eigenvalue weighted by Crippen LogP contribution is -2.39. The van der Waals surface area contributed by atoms with Crippen LogP contribution in [0, 0.1) is 6.92 Å². The van der Waals surface area contributed by atoms with E-state index in [0.717, 1.165) is 24.2 Å². The van der Waals surface area contributed by atoms with E-state index in [-0.39, 0.29) is 12.0 Å². The van der Waals surface area contributed by atoms with Gasteiger partial charge in [0.25, 0.3) is 0 Å². The van der Waals surface area contributed by atoms with Crippen molar-refractivity contribution >= 4 is 5.91 Å². The van der Waals surface area contributed by atoms with Gasteiger partial charge in [0.05, 0.1) is 32.5 Å². The third kappa shape index (κ3) is 6.20. The predicted octanol–water partition coefficient (Wildman–Crippen LogP) is 2.25. The number of rotatable bonds is 8. The molecule has 1 aromatic carbocycles. The van der Waals surface area contributed by atoms with Gasteiger partial charge in [-0.2, -0.15) is 0 Å². The van der Waals surface area contributed by atoms with E-state index in [4.69, 9.17) is 14.2 Å². The Labute approximate surface area is 138 Å². The molecule has 1 aliphatic heterocycles. The fourth-order valence-corrected chi connectivity index (χ4v) is 2.61. The molecule has 0 radical (unpaired) electrons. The van der Waals surface area contributed by atoms with E-state index >= 15 is 0 Å². The molecule has 0 saturated carbocycles. The summed E-state index contributed by atoms with van der Waals surface area (Å²) in [5, 5.41) is 2.91. The number of hydrogen-bond donors (Lipinski definition) is 1. The van der Waals surface area contributed by atoms with Crippen LogP contribution in [0.25, 0.3) is 0 Å². The van der Waals surface area contributed by atoms with E-state index in [9.17, 15) is 4.79 Å². The molecular weight excluding hydrogens is 294 g/mol. The quantitative estimate of drug-likeness (QED) is 0.798. The molecule has 5 heteroatoms. The second-order valence-electron chi connectivity index (χ2n) is 5.76. The Morgan fingerprint density at radius 3 is 2.96 bits per heavy atom. The molecule has 0 aliphatic carbocycles. The normalized spacial score (nSPS) is 17.7. The molecule has 1 saturated heterocycles. The standard InChI is InChI=1S/C18H27NO4/c1-3-22-17-8-7-15(11-14(17)2)5-4-6-18(20)19-12-16-13-21-9-10-23-16/h7-8,11,16H,3-6,9-10,12-13H2,1-2H3,(H,19,20)/t16-/m1/s1. The Morgan fingerprint density at radius 2 is 2.26 bits per heavy atom. The molecule has 23 heavy (non-hydrogen) atoms. The molecule has 1 aromatic rings. The van der Waals surface area contributed by atoms with E-state index in [1.165, 1.54) is 5.56 Å². The van der Waals surface area contributed by atoms with Gasteiger partial charge in [0.2, 0.25) is 5.91 Å². The second-order valence-corrected chi connectivity index (χ2v) is 5.76. The van der Waals surface area contributed by atoms with E-state index in [2.05, 4.69) is 17.4 Å². The summed E-state index contributed by atoms with van der Waals surface area (Å²) in [6, 6.07) is 6.22. The largest absolute Gasteiger partial charge is 0.494 e. The molecule has 1 amide bonds. The fourth-order valence-electron chi connectivity index (χ4n) is 2.61. The Kier molecular flexibility index (Phi) is 7.36. The Balaban J connectivity index is 1.65. The molecule has 0 aromatic heterocycles. The number of nitrogens with one attached hydrogen (secondary N) is 1. The monoisotopic (exact) mass is 321 g/mol. The van der Waals surface area contributed by atoms with Crippen LogP contribution >= 0.6 is 0 Å². The average Bonchev–Trinajstić information content (AvgIpc) is 2.56. The molecule has 1 heterocycles. The van der Waals surface area contributed by atoms with E-state index in [0.29, 0.717) is 39.4 Å². The summed E-state index contributed by atoms with van der Waals surface area (Å²) in [5.41, 5.74) is 2.38. The second kappa shape index (κ2) is 9.53. The number of carbonyl (C=O) groups excluding carboxylic acids is 1. The van der Waals surface area contributed by atoms with Crippen LogP contribution in [0.5, 0.6) is 5.75 Å². The van der Waals surface area contributed by atoms with Crippen LogP contribution in [-0.2, 0) is 20.7 Å². The maximum Gasteiger partial charge on any atom is 0.220 e. The van der Waals surface area contributed by atoms with Crippen LogP contribution in [0.1, 0.15) is 30.9 Å². The first-order valence-electron chi connectivity index (χ1n) is 8.37. The lowest BCUT2D eigenvalue weighted by atomic mass is 10.0. The molecule has 0 unspecified atom stereocenters. The minimum atomic E-state index is -0.0125. The van der Waals surface area contributed by atoms with Crippen molar-refractivity contribution in [2.24, 2.45) is 0 Å². The van der Waals surface area contributed by atoms with Gasteiger partial charge in [0, 0.05) is 13.0 Å². The summed E-state index contributed by atoms with van der Waals surface area (Å²) >= 11 is 0. The molecule has 5 nitrogen and oxygen atoms in total. The molecule has 128 valence electrons. The molecule has 2 rings (SSSR count). The Hall–Kier alpha value is -1.59. The van der Waals surface area contributed by atoms with E-state index < -0.39 is 0 Å². The molecule has 1 N–H and O–H groups in total. The van der Waals surface area contributed by atoms with Gasteiger partial charge in [0.15, 0.2) is 0 Å². The Morgan fingerprint density at radius 1 is 1.39 bits per heavy atom. The van der Waals surface area contributed by atoms with Crippen LogP contribution in [0.3, 0.4) is 0 Å². The average molecular weight is 321 g/mol. The Bertz CT molecular complexity index is 498. The third-order valence-corrected chi connectivity index (χ3v) is 3.82. The van der Waals surface area contributed by atoms with Crippen LogP contribution in [-0.4, -0.2) is 45.0 Å². The maximum absolute atomic E-state index is 11.9. The number of ether oxygens (including phenoxy) is 3. The summed E-state index contributed by atoms with van der Waals surface area (Å²) in [6.45, 7) is 7.05. The zero-order chi connectivity index (χ0) is 16.5. The van der Waals surface area contributed by atoms with E-state index in [1.807, 2.05) is 19.9 Å². The molecule has 0 bridgehead atoms. The highest BCUT2D eigenvalue weighted by Gasteiger charge is 2.14. The predicted molar refractivity (Wildman–Crippen MR) is 88.9 cm³/mol. The number of hydrogen-bond acceptors (Lipinski definition) is 4. The van der Waals surface area contributed by atoms with Crippen molar-refractivity contribution in [2.45, 2.75) is 39.2 Å². The van der Waals surface area contributed by atoms with Crippen LogP contribution in [0.4, 0.5) is 0 Å². The lowest BCUT2D eigenvalue weighted by molar-refractivity contribution is -0.124. The topological polar surface area (TPSA) is 56.8 Å². The van der Waals surface area contributed by atoms with Crippen molar-refractivity contribution in [3.05, 3.63) is 29.3 Å². The summed E-state index contributed by atoms with van der Waals surface area (Å²) < 4.78 is 16.3. The molecular formula is C18H27NO4. The van der Waals surface area contributed by atoms with Crippen molar-refractivity contribution in [2.75, 3.05) is 33.0 Å². The molecule has 0 spiro atoms. The highest BCUT2D eigenvalue weighted by Crippen LogP contribution is 2.20. The third-order valence-electron chi connectivity index (χ3n) is 3.82. The highest BCUT2D eigenvalue weighted by molar-refractivity contribution is 5.75. The first-order valence-corrected chi connectivity index (χ1v) is 8.37. The number of amides is 1. The van der Waals surface area contributed by atoms with Crippen LogP contribution in [0.2, 0.25) is 0 Å². The van der Waals surface area contributed by atoms with Gasteiger partial charge >= 0.3 is 0 Å². The summed E-state index contributed by atoms with van der Waals surface area (Å²) in [6.07, 6.45) is 2.24. The first-order chi connectivity index (χ1) is 11.2. The summed E-state index contributed by atoms with van der Waals surface area (Å²) in [4.78, 5) is 11.9. The van der Waals surface area contributed by atoms with Gasteiger partial charge in [-0.05, 0) is 43.9 Å². The highest BCUT2D eigenvalue weighted by atomic mass is 16.6. The molecule has 1 aliphatic rings.